The molecular weight excluding hydrogens is 420 g/mol. The zero-order chi connectivity index (χ0) is 23.7. The molecular formula is C30H38O2Si. The van der Waals surface area contributed by atoms with Crippen molar-refractivity contribution in [2.75, 3.05) is 0 Å². The molecule has 3 aromatic rings. The van der Waals surface area contributed by atoms with Crippen LogP contribution in [-0.2, 0) is 15.8 Å². The number of rotatable bonds is 11. The maximum atomic E-state index is 7.18. The van der Waals surface area contributed by atoms with E-state index in [9.17, 15) is 0 Å². The van der Waals surface area contributed by atoms with Crippen molar-refractivity contribution < 1.29 is 9.16 Å². The summed E-state index contributed by atoms with van der Waals surface area (Å²) >= 11 is 0. The van der Waals surface area contributed by atoms with Gasteiger partial charge >= 0.3 is 0 Å². The summed E-state index contributed by atoms with van der Waals surface area (Å²) in [6.45, 7) is 13.8. The molecule has 0 radical (unpaired) electrons. The number of hydrogen-bond acceptors (Lipinski definition) is 2. The Morgan fingerprint density at radius 2 is 1.27 bits per heavy atom. The van der Waals surface area contributed by atoms with Crippen LogP contribution in [0, 0.1) is 0 Å². The molecule has 174 valence electrons. The van der Waals surface area contributed by atoms with Gasteiger partial charge in [0.15, 0.2) is 0 Å². The summed E-state index contributed by atoms with van der Waals surface area (Å²) < 4.78 is 13.3. The van der Waals surface area contributed by atoms with Gasteiger partial charge in [0.1, 0.15) is 0 Å². The van der Waals surface area contributed by atoms with Crippen LogP contribution in [0.2, 0.25) is 5.04 Å². The summed E-state index contributed by atoms with van der Waals surface area (Å²) in [4.78, 5) is 0. The van der Waals surface area contributed by atoms with Crippen molar-refractivity contribution in [3.8, 4) is 0 Å². The van der Waals surface area contributed by atoms with E-state index in [0.717, 1.165) is 12.8 Å². The lowest BCUT2D eigenvalue weighted by atomic mass is 10.1. The minimum Gasteiger partial charge on any atom is -0.405 e. The number of ether oxygens (including phenoxy) is 1. The summed E-state index contributed by atoms with van der Waals surface area (Å²) in [7, 11) is -2.53. The minimum absolute atomic E-state index is 0.00964. The van der Waals surface area contributed by atoms with Gasteiger partial charge in [-0.1, -0.05) is 118 Å². The van der Waals surface area contributed by atoms with Crippen molar-refractivity contribution in [1.82, 2.24) is 0 Å². The fourth-order valence-corrected chi connectivity index (χ4v) is 9.23. The van der Waals surface area contributed by atoms with Crippen molar-refractivity contribution in [3.05, 3.63) is 109 Å². The van der Waals surface area contributed by atoms with E-state index in [4.69, 9.17) is 9.16 Å². The van der Waals surface area contributed by atoms with Crippen molar-refractivity contribution in [1.29, 1.82) is 0 Å². The summed E-state index contributed by atoms with van der Waals surface area (Å²) in [5.74, 6) is 0. The molecule has 0 saturated carbocycles. The Balaban J connectivity index is 1.77. The highest BCUT2D eigenvalue weighted by Gasteiger charge is 2.50. The molecule has 0 N–H and O–H groups in total. The highest BCUT2D eigenvalue weighted by Crippen LogP contribution is 2.38. The predicted octanol–water partition coefficient (Wildman–Crippen LogP) is 6.50. The Hall–Kier alpha value is -2.46. The first-order valence-electron chi connectivity index (χ1n) is 11.9. The lowest BCUT2D eigenvalue weighted by Crippen LogP contribution is -2.67. The summed E-state index contributed by atoms with van der Waals surface area (Å²) in [6, 6.07) is 32.0. The second-order valence-corrected chi connectivity index (χ2v) is 14.0. The van der Waals surface area contributed by atoms with Gasteiger partial charge in [0.25, 0.3) is 8.32 Å². The van der Waals surface area contributed by atoms with Crippen molar-refractivity contribution in [2.45, 2.75) is 64.4 Å². The largest absolute Gasteiger partial charge is 0.405 e. The molecule has 0 aliphatic carbocycles. The van der Waals surface area contributed by atoms with Crippen LogP contribution in [-0.4, -0.2) is 20.5 Å². The van der Waals surface area contributed by atoms with Gasteiger partial charge in [-0.2, -0.15) is 0 Å². The molecule has 2 atom stereocenters. The zero-order valence-electron chi connectivity index (χ0n) is 20.5. The molecule has 0 unspecified atom stereocenters. The summed E-state index contributed by atoms with van der Waals surface area (Å²) in [6.07, 6.45) is 3.82. The second kappa shape index (κ2) is 11.6. The molecule has 3 aromatic carbocycles. The maximum absolute atomic E-state index is 7.18. The van der Waals surface area contributed by atoms with E-state index in [1.165, 1.54) is 15.9 Å². The van der Waals surface area contributed by atoms with Gasteiger partial charge in [-0.25, -0.2) is 0 Å². The fourth-order valence-electron chi connectivity index (χ4n) is 4.50. The van der Waals surface area contributed by atoms with Crippen molar-refractivity contribution in [3.63, 3.8) is 0 Å². The first-order chi connectivity index (χ1) is 15.9. The Labute approximate surface area is 201 Å². The van der Waals surface area contributed by atoms with Crippen LogP contribution in [0.1, 0.15) is 46.1 Å². The maximum Gasteiger partial charge on any atom is 0.261 e. The molecule has 0 fully saturated rings. The molecule has 0 aliphatic rings. The lowest BCUT2D eigenvalue weighted by Gasteiger charge is -2.44. The monoisotopic (exact) mass is 458 g/mol. The molecule has 0 amide bonds. The van der Waals surface area contributed by atoms with Crippen LogP contribution in [0.4, 0.5) is 0 Å². The van der Waals surface area contributed by atoms with Gasteiger partial charge in [0, 0.05) is 6.10 Å². The second-order valence-electron chi connectivity index (χ2n) is 9.74. The summed E-state index contributed by atoms with van der Waals surface area (Å²) in [5.41, 5.74) is 1.18. The van der Waals surface area contributed by atoms with Gasteiger partial charge in [0.05, 0.1) is 12.7 Å². The first-order valence-corrected chi connectivity index (χ1v) is 13.8. The van der Waals surface area contributed by atoms with Gasteiger partial charge in [-0.05, 0) is 40.7 Å². The van der Waals surface area contributed by atoms with Gasteiger partial charge in [0.2, 0.25) is 0 Å². The Bertz CT molecular complexity index is 925. The standard InChI is InChI=1S/C30H38O2Si/c1-6-27(31-24-26-16-10-7-11-17-26)23-22-25(2)32-33(30(3,4)5,28-18-12-8-13-19-28)29-20-14-9-15-21-29/h6-21,25,27H,1,22-24H2,2-5H3/t25-,27+/m0/s1. The van der Waals surface area contributed by atoms with E-state index in [1.807, 2.05) is 24.3 Å². The van der Waals surface area contributed by atoms with Crippen molar-refractivity contribution >= 4 is 18.7 Å². The molecule has 2 nitrogen and oxygen atoms in total. The third-order valence-corrected chi connectivity index (χ3v) is 11.4. The Kier molecular flexibility index (Phi) is 8.85. The molecule has 0 heterocycles. The smallest absolute Gasteiger partial charge is 0.261 e. The molecule has 0 saturated heterocycles. The highest BCUT2D eigenvalue weighted by atomic mass is 28.4. The van der Waals surface area contributed by atoms with Crippen molar-refractivity contribution in [2.24, 2.45) is 0 Å². The zero-order valence-corrected chi connectivity index (χ0v) is 21.5. The molecule has 3 rings (SSSR count). The SMILES string of the molecule is C=C[C@H](CC[C@H](C)O[Si](c1ccccc1)(c1ccccc1)C(C)(C)C)OCc1ccccc1. The van der Waals surface area contributed by atoms with E-state index >= 15 is 0 Å². The third kappa shape index (κ3) is 6.32. The van der Waals surface area contributed by atoms with Crippen LogP contribution in [0.5, 0.6) is 0 Å². The van der Waals surface area contributed by atoms with E-state index < -0.39 is 8.32 Å². The fraction of sp³-hybridized carbons (Fsp3) is 0.333. The summed E-state index contributed by atoms with van der Waals surface area (Å²) in [5, 5.41) is 2.61. The van der Waals surface area contributed by atoms with Crippen LogP contribution in [0.25, 0.3) is 0 Å². The molecule has 0 spiro atoms. The highest BCUT2D eigenvalue weighted by molar-refractivity contribution is 6.99. The van der Waals surface area contributed by atoms with Gasteiger partial charge < -0.3 is 9.16 Å². The average Bonchev–Trinajstić information content (AvgIpc) is 2.83. The van der Waals surface area contributed by atoms with E-state index in [-0.39, 0.29) is 17.2 Å². The van der Waals surface area contributed by atoms with E-state index in [1.54, 1.807) is 0 Å². The Morgan fingerprint density at radius 3 is 1.73 bits per heavy atom. The number of benzene rings is 3. The normalized spacial score (nSPS) is 13.9. The van der Waals surface area contributed by atoms with Crippen LogP contribution in [0.3, 0.4) is 0 Å². The van der Waals surface area contributed by atoms with Crippen LogP contribution < -0.4 is 10.4 Å². The quantitative estimate of drug-likeness (QED) is 0.241. The number of hydrogen-bond donors (Lipinski definition) is 0. The third-order valence-electron chi connectivity index (χ3n) is 6.22. The van der Waals surface area contributed by atoms with Crippen LogP contribution in [0.15, 0.2) is 104 Å². The lowest BCUT2D eigenvalue weighted by molar-refractivity contribution is 0.0565. The molecule has 0 bridgehead atoms. The van der Waals surface area contributed by atoms with Gasteiger partial charge in [-0.3, -0.25) is 0 Å². The topological polar surface area (TPSA) is 18.5 Å². The van der Waals surface area contributed by atoms with E-state index in [2.05, 4.69) is 107 Å². The molecule has 0 aromatic heterocycles. The Morgan fingerprint density at radius 1 is 0.788 bits per heavy atom. The van der Waals surface area contributed by atoms with Gasteiger partial charge in [-0.15, -0.1) is 6.58 Å². The predicted molar refractivity (Wildman–Crippen MR) is 143 cm³/mol. The average molecular weight is 459 g/mol. The molecule has 3 heteroatoms. The van der Waals surface area contributed by atoms with E-state index in [0.29, 0.717) is 6.61 Å². The van der Waals surface area contributed by atoms with Crippen LogP contribution >= 0.6 is 0 Å². The molecule has 33 heavy (non-hydrogen) atoms. The molecule has 0 aliphatic heterocycles. The first kappa shape index (κ1) is 25.2. The minimum atomic E-state index is -2.53.